The molecule has 3 rings (SSSR count). The summed E-state index contributed by atoms with van der Waals surface area (Å²) in [7, 11) is 0. The molecular weight excluding hydrogens is 249 g/mol. The molecule has 0 spiro atoms. The van der Waals surface area contributed by atoms with Crippen LogP contribution >= 0.6 is 0 Å². The van der Waals surface area contributed by atoms with Crippen LogP contribution in [0.1, 0.15) is 5.56 Å². The van der Waals surface area contributed by atoms with Crippen LogP contribution in [-0.2, 0) is 0 Å². The Hall–Kier alpha value is -2.25. The number of nitriles is 1. The van der Waals surface area contributed by atoms with E-state index in [1.165, 1.54) is 11.1 Å². The first-order valence-corrected chi connectivity index (χ1v) is 6.44. The van der Waals surface area contributed by atoms with E-state index < -0.39 is 0 Å². The summed E-state index contributed by atoms with van der Waals surface area (Å²) in [4.78, 5) is 0. The Labute approximate surface area is 137 Å². The zero-order valence-electron chi connectivity index (χ0n) is 11.9. The normalized spacial score (nSPS) is 9.48. The fourth-order valence-corrected chi connectivity index (χ4v) is 2.17. The van der Waals surface area contributed by atoms with Crippen molar-refractivity contribution in [1.82, 2.24) is 0 Å². The van der Waals surface area contributed by atoms with Crippen molar-refractivity contribution in [3.8, 4) is 28.3 Å². The first-order chi connectivity index (χ1) is 9.86. The first kappa shape index (κ1) is 15.1. The van der Waals surface area contributed by atoms with E-state index in [1.54, 1.807) is 0 Å². The predicted molar refractivity (Wildman–Crippen MR) is 80.9 cm³/mol. The van der Waals surface area contributed by atoms with Gasteiger partial charge in [-0.25, -0.2) is 0 Å². The standard InChI is InChI=1S/C19H12N.Li/c20-14-15-6-8-17(9-7-15)19-12-10-18(11-13-19)16-4-2-1-3-5-16;/h2-13H;/q-1;+1. The third-order valence-corrected chi connectivity index (χ3v) is 3.28. The summed E-state index contributed by atoms with van der Waals surface area (Å²) in [6.45, 7) is 0. The molecule has 94 valence electrons. The molecule has 0 aliphatic heterocycles. The summed E-state index contributed by atoms with van der Waals surface area (Å²) in [6, 6.07) is 29.2. The minimum atomic E-state index is 0. The van der Waals surface area contributed by atoms with Crippen molar-refractivity contribution in [3.63, 3.8) is 0 Å². The number of hydrogen-bond donors (Lipinski definition) is 0. The average molecular weight is 261 g/mol. The van der Waals surface area contributed by atoms with E-state index in [2.05, 4.69) is 48.5 Å². The molecule has 3 aromatic rings. The number of benzene rings is 3. The van der Waals surface area contributed by atoms with Gasteiger partial charge in [-0.05, 0) is 28.8 Å². The first-order valence-electron chi connectivity index (χ1n) is 6.44. The molecule has 0 saturated heterocycles. The van der Waals surface area contributed by atoms with Crippen molar-refractivity contribution in [1.29, 1.82) is 5.26 Å². The molecule has 0 saturated carbocycles. The Morgan fingerprint density at radius 2 is 1.00 bits per heavy atom. The Balaban J connectivity index is 0.00000161. The van der Waals surface area contributed by atoms with Gasteiger partial charge in [0, 0.05) is 0 Å². The Bertz CT molecular complexity index is 738. The molecule has 2 heteroatoms. The van der Waals surface area contributed by atoms with Gasteiger partial charge >= 0.3 is 18.9 Å². The van der Waals surface area contributed by atoms with Gasteiger partial charge in [0.1, 0.15) is 0 Å². The molecule has 0 aliphatic rings. The average Bonchev–Trinajstić information content (AvgIpc) is 2.56. The fourth-order valence-electron chi connectivity index (χ4n) is 2.17. The fraction of sp³-hybridized carbons (Fsp3) is 0. The third-order valence-electron chi connectivity index (χ3n) is 3.28. The second-order valence-corrected chi connectivity index (χ2v) is 4.56. The van der Waals surface area contributed by atoms with Crippen LogP contribution in [0.2, 0.25) is 0 Å². The van der Waals surface area contributed by atoms with Gasteiger partial charge in [-0.15, -0.1) is 5.56 Å². The molecule has 0 heterocycles. The summed E-state index contributed by atoms with van der Waals surface area (Å²) in [5, 5.41) is 8.81. The molecule has 0 bridgehead atoms. The van der Waals surface area contributed by atoms with Gasteiger partial charge in [0.25, 0.3) is 0 Å². The van der Waals surface area contributed by atoms with Crippen LogP contribution in [0.4, 0.5) is 0 Å². The molecule has 3 aromatic carbocycles. The van der Waals surface area contributed by atoms with Gasteiger partial charge < -0.3 is 0 Å². The number of nitrogens with zero attached hydrogens (tertiary/aromatic N) is 1. The number of hydrogen-bond acceptors (Lipinski definition) is 1. The van der Waals surface area contributed by atoms with Gasteiger partial charge in [-0.2, -0.15) is 35.6 Å². The molecule has 1 nitrogen and oxygen atoms in total. The molecule has 0 N–H and O–H groups in total. The van der Waals surface area contributed by atoms with Gasteiger partial charge in [0.15, 0.2) is 0 Å². The van der Waals surface area contributed by atoms with Crippen LogP contribution in [0, 0.1) is 17.4 Å². The Morgan fingerprint density at radius 3 is 1.43 bits per heavy atom. The largest absolute Gasteiger partial charge is 1.00 e. The number of rotatable bonds is 2. The van der Waals surface area contributed by atoms with Crippen molar-refractivity contribution in [2.75, 3.05) is 0 Å². The van der Waals surface area contributed by atoms with E-state index in [9.17, 15) is 0 Å². The quantitative estimate of drug-likeness (QED) is 0.509. The predicted octanol–water partition coefficient (Wildman–Crippen LogP) is 1.70. The summed E-state index contributed by atoms with van der Waals surface area (Å²) in [5.74, 6) is 0. The smallest absolute Gasteiger partial charge is 0.192 e. The van der Waals surface area contributed by atoms with Crippen LogP contribution in [0.5, 0.6) is 0 Å². The van der Waals surface area contributed by atoms with Crippen molar-refractivity contribution in [2.24, 2.45) is 0 Å². The van der Waals surface area contributed by atoms with Crippen LogP contribution < -0.4 is 18.9 Å². The van der Waals surface area contributed by atoms with E-state index in [4.69, 9.17) is 5.26 Å². The van der Waals surface area contributed by atoms with Crippen molar-refractivity contribution >= 4 is 0 Å². The molecule has 0 fully saturated rings. The van der Waals surface area contributed by atoms with Gasteiger partial charge in [0.05, 0.1) is 11.6 Å². The molecule has 0 aliphatic carbocycles. The summed E-state index contributed by atoms with van der Waals surface area (Å²) in [5.41, 5.74) is 5.34. The summed E-state index contributed by atoms with van der Waals surface area (Å²) in [6.07, 6.45) is 0. The molecular formula is C19H12LiN. The van der Waals surface area contributed by atoms with Crippen LogP contribution in [-0.4, -0.2) is 0 Å². The topological polar surface area (TPSA) is 23.8 Å². The van der Waals surface area contributed by atoms with E-state index in [0.29, 0.717) is 5.56 Å². The van der Waals surface area contributed by atoms with Crippen LogP contribution in [0.25, 0.3) is 22.3 Å². The summed E-state index contributed by atoms with van der Waals surface area (Å²) < 4.78 is 0. The monoisotopic (exact) mass is 261 g/mol. The van der Waals surface area contributed by atoms with Crippen LogP contribution in [0.15, 0.2) is 72.8 Å². The minimum absolute atomic E-state index is 0. The molecule has 0 amide bonds. The molecule has 0 atom stereocenters. The third kappa shape index (κ3) is 3.44. The van der Waals surface area contributed by atoms with E-state index in [-0.39, 0.29) is 18.9 Å². The van der Waals surface area contributed by atoms with Crippen molar-refractivity contribution in [3.05, 3.63) is 84.4 Å². The second-order valence-electron chi connectivity index (χ2n) is 4.56. The molecule has 0 radical (unpaired) electrons. The second kappa shape index (κ2) is 6.96. The Morgan fingerprint density at radius 1 is 0.619 bits per heavy atom. The Kier molecular flexibility index (Phi) is 5.02. The molecule has 21 heavy (non-hydrogen) atoms. The maximum atomic E-state index is 8.81. The van der Waals surface area contributed by atoms with E-state index in [0.717, 1.165) is 11.1 Å². The zero-order chi connectivity index (χ0) is 13.8. The molecule has 0 aromatic heterocycles. The van der Waals surface area contributed by atoms with Gasteiger partial charge in [-0.1, -0.05) is 36.4 Å². The van der Waals surface area contributed by atoms with Crippen molar-refractivity contribution < 1.29 is 18.9 Å². The zero-order valence-corrected chi connectivity index (χ0v) is 11.9. The van der Waals surface area contributed by atoms with Gasteiger partial charge in [-0.3, -0.25) is 0 Å². The maximum Gasteiger partial charge on any atom is 1.00 e. The van der Waals surface area contributed by atoms with Crippen LogP contribution in [0.3, 0.4) is 0 Å². The summed E-state index contributed by atoms with van der Waals surface area (Å²) >= 11 is 0. The van der Waals surface area contributed by atoms with E-state index >= 15 is 0 Å². The SMILES string of the molecule is N#Cc1ccc(-c2ccc(-c3cc[c-]cc3)cc2)cc1.[Li+]. The maximum absolute atomic E-state index is 8.81. The van der Waals surface area contributed by atoms with Crippen molar-refractivity contribution in [2.45, 2.75) is 0 Å². The van der Waals surface area contributed by atoms with Gasteiger partial charge in [0.2, 0.25) is 0 Å². The van der Waals surface area contributed by atoms with E-state index in [1.807, 2.05) is 36.4 Å². The minimum Gasteiger partial charge on any atom is -0.192 e. The molecule has 0 unspecified atom stereocenters.